The molecule has 0 aliphatic heterocycles. The molecule has 0 radical (unpaired) electrons. The fraction of sp³-hybridized carbons (Fsp3) is 0.211. The van der Waals surface area contributed by atoms with Gasteiger partial charge in [-0.3, -0.25) is 4.79 Å². The summed E-state index contributed by atoms with van der Waals surface area (Å²) in [4.78, 5) is 11.7. The summed E-state index contributed by atoms with van der Waals surface area (Å²) in [6, 6.07) is 11.8. The molecule has 2 aromatic rings. The van der Waals surface area contributed by atoms with Crippen LogP contribution in [0.3, 0.4) is 0 Å². The van der Waals surface area contributed by atoms with E-state index in [9.17, 15) is 18.0 Å². The van der Waals surface area contributed by atoms with Gasteiger partial charge in [0.2, 0.25) is 0 Å². The van der Waals surface area contributed by atoms with Gasteiger partial charge < -0.3 is 10.1 Å². The second kappa shape index (κ2) is 8.25. The Labute approximate surface area is 143 Å². The van der Waals surface area contributed by atoms with Gasteiger partial charge in [-0.25, -0.2) is 0 Å². The van der Waals surface area contributed by atoms with Crippen molar-refractivity contribution >= 4 is 5.91 Å². The van der Waals surface area contributed by atoms with Crippen molar-refractivity contribution in [2.75, 3.05) is 13.7 Å². The monoisotopic (exact) mass is 347 g/mol. The summed E-state index contributed by atoms with van der Waals surface area (Å²) < 4.78 is 42.6. The number of methoxy groups -OCH3 is 1. The van der Waals surface area contributed by atoms with Crippen LogP contribution >= 0.6 is 0 Å². The maximum atomic E-state index is 12.5. The van der Waals surface area contributed by atoms with E-state index in [0.29, 0.717) is 18.5 Å². The fourth-order valence-corrected chi connectivity index (χ4v) is 2.14. The van der Waals surface area contributed by atoms with Crippen molar-refractivity contribution in [2.45, 2.75) is 12.6 Å². The van der Waals surface area contributed by atoms with Crippen molar-refractivity contribution in [1.29, 1.82) is 0 Å². The molecule has 0 unspecified atom stereocenters. The lowest BCUT2D eigenvalue weighted by Gasteiger charge is -2.07. The zero-order chi connectivity index (χ0) is 18.3. The number of alkyl halides is 3. The Bertz CT molecular complexity index is 787. The number of hydrogen-bond acceptors (Lipinski definition) is 2. The number of hydrogen-bond donors (Lipinski definition) is 1. The number of benzene rings is 2. The normalized spacial score (nSPS) is 10.6. The minimum absolute atomic E-state index is 0.341. The average Bonchev–Trinajstić information content (AvgIpc) is 2.60. The van der Waals surface area contributed by atoms with Crippen molar-refractivity contribution in [3.8, 4) is 17.6 Å². The third kappa shape index (κ3) is 5.57. The molecule has 6 heteroatoms. The fourth-order valence-electron chi connectivity index (χ4n) is 2.14. The SMILES string of the molecule is COc1ccccc1CCNC(=O)C#Cc1ccc(C(F)(F)F)cc1. The highest BCUT2D eigenvalue weighted by molar-refractivity contribution is 5.94. The predicted molar refractivity (Wildman–Crippen MR) is 88.0 cm³/mol. The first-order chi connectivity index (χ1) is 11.9. The topological polar surface area (TPSA) is 38.3 Å². The molecule has 1 N–H and O–H groups in total. The lowest BCUT2D eigenvalue weighted by atomic mass is 10.1. The summed E-state index contributed by atoms with van der Waals surface area (Å²) in [6.07, 6.45) is -3.81. The van der Waals surface area contributed by atoms with Gasteiger partial charge in [-0.2, -0.15) is 13.2 Å². The summed E-state index contributed by atoms with van der Waals surface area (Å²) in [5, 5.41) is 2.64. The maximum Gasteiger partial charge on any atom is 0.416 e. The maximum absolute atomic E-state index is 12.5. The summed E-state index contributed by atoms with van der Waals surface area (Å²) in [5.41, 5.74) is 0.549. The summed E-state index contributed by atoms with van der Waals surface area (Å²) in [5.74, 6) is 5.15. The van der Waals surface area contributed by atoms with E-state index in [2.05, 4.69) is 17.2 Å². The largest absolute Gasteiger partial charge is 0.496 e. The smallest absolute Gasteiger partial charge is 0.416 e. The highest BCUT2D eigenvalue weighted by Gasteiger charge is 2.29. The van der Waals surface area contributed by atoms with Gasteiger partial charge in [-0.05, 0) is 42.3 Å². The molecule has 0 saturated carbocycles. The Morgan fingerprint density at radius 3 is 2.44 bits per heavy atom. The minimum atomic E-state index is -4.39. The highest BCUT2D eigenvalue weighted by Crippen LogP contribution is 2.28. The molecule has 3 nitrogen and oxygen atoms in total. The second-order valence-electron chi connectivity index (χ2n) is 5.14. The Morgan fingerprint density at radius 1 is 1.12 bits per heavy atom. The van der Waals surface area contributed by atoms with Crippen molar-refractivity contribution in [3.05, 3.63) is 65.2 Å². The molecule has 1 amide bonds. The third-order valence-electron chi connectivity index (χ3n) is 3.41. The zero-order valence-corrected chi connectivity index (χ0v) is 13.5. The summed E-state index contributed by atoms with van der Waals surface area (Å²) in [7, 11) is 1.58. The molecule has 0 fully saturated rings. The van der Waals surface area contributed by atoms with Gasteiger partial charge in [0.25, 0.3) is 5.91 Å². The molecule has 0 saturated heterocycles. The third-order valence-corrected chi connectivity index (χ3v) is 3.41. The first-order valence-electron chi connectivity index (χ1n) is 7.49. The number of para-hydroxylation sites is 1. The quantitative estimate of drug-likeness (QED) is 0.861. The van der Waals surface area contributed by atoms with Crippen LogP contribution in [0, 0.1) is 11.8 Å². The molecule has 25 heavy (non-hydrogen) atoms. The van der Waals surface area contributed by atoms with Crippen molar-refractivity contribution < 1.29 is 22.7 Å². The van der Waals surface area contributed by atoms with Crippen molar-refractivity contribution in [3.63, 3.8) is 0 Å². The number of rotatable bonds is 4. The lowest BCUT2D eigenvalue weighted by molar-refractivity contribution is -0.137. The van der Waals surface area contributed by atoms with Gasteiger partial charge in [0, 0.05) is 18.0 Å². The van der Waals surface area contributed by atoms with Gasteiger partial charge in [0.05, 0.1) is 12.7 Å². The molecular weight excluding hydrogens is 331 g/mol. The number of ether oxygens (including phenoxy) is 1. The first-order valence-corrected chi connectivity index (χ1v) is 7.49. The Kier molecular flexibility index (Phi) is 6.07. The number of nitrogens with one attached hydrogen (secondary N) is 1. The minimum Gasteiger partial charge on any atom is -0.496 e. The van der Waals surface area contributed by atoms with E-state index >= 15 is 0 Å². The van der Waals surface area contributed by atoms with E-state index in [0.717, 1.165) is 23.4 Å². The van der Waals surface area contributed by atoms with E-state index in [-0.39, 0.29) is 0 Å². The zero-order valence-electron chi connectivity index (χ0n) is 13.5. The molecule has 2 aromatic carbocycles. The van der Waals surface area contributed by atoms with Crippen molar-refractivity contribution in [2.24, 2.45) is 0 Å². The van der Waals surface area contributed by atoms with E-state index in [1.165, 1.54) is 12.1 Å². The number of carbonyl (C=O) groups is 1. The molecule has 0 aliphatic rings. The van der Waals surface area contributed by atoms with Gasteiger partial charge in [-0.1, -0.05) is 24.1 Å². The van der Waals surface area contributed by atoms with Crippen LogP contribution in [-0.2, 0) is 17.4 Å². The standard InChI is InChI=1S/C19H16F3NO2/c1-25-17-5-3-2-4-15(17)12-13-23-18(24)11-8-14-6-9-16(10-7-14)19(20,21)22/h2-7,9-10H,12-13H2,1H3,(H,23,24). The molecule has 0 spiro atoms. The van der Waals surface area contributed by atoms with Crippen molar-refractivity contribution in [1.82, 2.24) is 5.32 Å². The Balaban J connectivity index is 1.88. The average molecular weight is 347 g/mol. The molecule has 0 bridgehead atoms. The number of halogens is 3. The van der Waals surface area contributed by atoms with Crippen LogP contribution in [0.1, 0.15) is 16.7 Å². The predicted octanol–water partition coefficient (Wildman–Crippen LogP) is 3.42. The molecule has 130 valence electrons. The van der Waals surface area contributed by atoms with E-state index in [1.54, 1.807) is 7.11 Å². The Hall–Kier alpha value is -2.94. The number of amides is 1. The molecule has 0 aliphatic carbocycles. The number of carbonyl (C=O) groups excluding carboxylic acids is 1. The summed E-state index contributed by atoms with van der Waals surface area (Å²) in [6.45, 7) is 0.376. The first kappa shape index (κ1) is 18.4. The van der Waals surface area contributed by atoms with Crippen LogP contribution in [-0.4, -0.2) is 19.6 Å². The van der Waals surface area contributed by atoms with Gasteiger partial charge in [-0.15, -0.1) is 0 Å². The second-order valence-corrected chi connectivity index (χ2v) is 5.14. The van der Waals surface area contributed by atoms with E-state index in [1.807, 2.05) is 24.3 Å². The van der Waals surface area contributed by atoms with E-state index in [4.69, 9.17) is 4.74 Å². The van der Waals surface area contributed by atoms with Gasteiger partial charge in [0.1, 0.15) is 5.75 Å². The molecule has 2 rings (SSSR count). The molecule has 0 atom stereocenters. The highest BCUT2D eigenvalue weighted by atomic mass is 19.4. The Morgan fingerprint density at radius 2 is 1.80 bits per heavy atom. The lowest BCUT2D eigenvalue weighted by Crippen LogP contribution is -2.24. The van der Waals surface area contributed by atoms with Crippen LogP contribution in [0.25, 0.3) is 0 Å². The van der Waals surface area contributed by atoms with Crippen LogP contribution in [0.4, 0.5) is 13.2 Å². The summed E-state index contributed by atoms with van der Waals surface area (Å²) >= 11 is 0. The van der Waals surface area contributed by atoms with Crippen LogP contribution in [0.15, 0.2) is 48.5 Å². The van der Waals surface area contributed by atoms with Crippen LogP contribution < -0.4 is 10.1 Å². The van der Waals surface area contributed by atoms with Gasteiger partial charge in [0.15, 0.2) is 0 Å². The van der Waals surface area contributed by atoms with Crippen LogP contribution in [0.2, 0.25) is 0 Å². The molecule has 0 aromatic heterocycles. The van der Waals surface area contributed by atoms with Gasteiger partial charge >= 0.3 is 6.18 Å². The molecular formula is C19H16F3NO2. The molecule has 0 heterocycles. The van der Waals surface area contributed by atoms with Crippen LogP contribution in [0.5, 0.6) is 5.75 Å². The van der Waals surface area contributed by atoms with E-state index < -0.39 is 17.6 Å².